The van der Waals surface area contributed by atoms with Crippen LogP contribution in [-0.2, 0) is 47.5 Å². The van der Waals surface area contributed by atoms with Gasteiger partial charge in [-0.1, -0.05) is 48.7 Å². The molecular weight excluding hydrogens is 737 g/mol. The largest absolute Gasteiger partial charge is 0.444 e. The third kappa shape index (κ3) is 13.3. The molecule has 4 atom stereocenters. The van der Waals surface area contributed by atoms with Crippen LogP contribution in [0.25, 0.3) is 0 Å². The molecule has 2 heterocycles. The van der Waals surface area contributed by atoms with E-state index in [0.29, 0.717) is 30.1 Å². The second-order valence-corrected chi connectivity index (χ2v) is 17.8. The lowest BCUT2D eigenvalue weighted by atomic mass is 10.2. The average Bonchev–Trinajstić information content (AvgIpc) is 3.69. The molecule has 2 fully saturated rings. The van der Waals surface area contributed by atoms with Gasteiger partial charge in [-0.3, -0.25) is 4.90 Å². The predicted octanol–water partition coefficient (Wildman–Crippen LogP) is 2.59. The third-order valence-corrected chi connectivity index (χ3v) is 11.0. The molecule has 0 aliphatic carbocycles. The quantitative estimate of drug-likeness (QED) is 0.299. The minimum absolute atomic E-state index is 0.0343. The molecule has 284 valence electrons. The standard InChI is InChI=1S/C19H29N3O5S2.C14H21N3O3S2/c1-19(2,3)27-18(23)22-11-14(10-16(22)17(28)21(4)5)26-12-13-7-6-8-15(9-13)29(20,24)25;1-17(2)14(21)13-7-11(8-16-13)20-9-10-4-3-5-12(6-10)22(15,18)19/h6-9,14,16H,10-12H2,1-5H3,(H2,20,24,25);3-6,11,13,16H,7-9H2,1-2H3,(H2,15,18,19)/t14-,16+;11-,13+/m11/s1. The molecule has 1 amide bonds. The summed E-state index contributed by atoms with van der Waals surface area (Å²) in [6.45, 7) is 7.04. The first-order valence-electron chi connectivity index (χ1n) is 16.2. The zero-order valence-electron chi connectivity index (χ0n) is 30.1. The second-order valence-electron chi connectivity index (χ2n) is 13.8. The topological polar surface area (TPSA) is 187 Å². The number of nitrogens with two attached hydrogens (primary N) is 2. The molecule has 2 aliphatic heterocycles. The van der Waals surface area contributed by atoms with Crippen molar-refractivity contribution in [1.82, 2.24) is 20.0 Å². The fourth-order valence-electron chi connectivity index (χ4n) is 5.36. The highest BCUT2D eigenvalue weighted by Gasteiger charge is 2.41. The van der Waals surface area contributed by atoms with Crippen molar-refractivity contribution in [3.63, 3.8) is 0 Å². The van der Waals surface area contributed by atoms with E-state index in [1.54, 1.807) is 34.1 Å². The number of hydrogen-bond donors (Lipinski definition) is 3. The number of primary sulfonamides is 2. The van der Waals surface area contributed by atoms with Gasteiger partial charge in [0.05, 0.1) is 58.8 Å². The maximum absolute atomic E-state index is 12.7. The number of ether oxygens (including phenoxy) is 3. The number of nitrogens with zero attached hydrogens (tertiary/aromatic N) is 3. The van der Waals surface area contributed by atoms with Gasteiger partial charge < -0.3 is 29.3 Å². The summed E-state index contributed by atoms with van der Waals surface area (Å²) in [6.07, 6.45) is 0.704. The van der Waals surface area contributed by atoms with E-state index in [-0.39, 0.29) is 40.7 Å². The van der Waals surface area contributed by atoms with Crippen molar-refractivity contribution in [2.75, 3.05) is 41.3 Å². The van der Waals surface area contributed by atoms with Gasteiger partial charge >= 0.3 is 6.09 Å². The summed E-state index contributed by atoms with van der Waals surface area (Å²) in [6, 6.07) is 12.6. The van der Waals surface area contributed by atoms with Gasteiger partial charge in [-0.25, -0.2) is 31.9 Å². The van der Waals surface area contributed by atoms with Crippen molar-refractivity contribution in [2.45, 2.75) is 86.5 Å². The Labute approximate surface area is 312 Å². The first-order valence-corrected chi connectivity index (χ1v) is 20.1. The van der Waals surface area contributed by atoms with Crippen LogP contribution < -0.4 is 15.6 Å². The molecule has 0 saturated carbocycles. The summed E-state index contributed by atoms with van der Waals surface area (Å²) in [5.74, 6) is 0. The summed E-state index contributed by atoms with van der Waals surface area (Å²) in [5, 5.41) is 13.6. The molecule has 0 bridgehead atoms. The lowest BCUT2D eigenvalue weighted by molar-refractivity contribution is 0.0168. The third-order valence-electron chi connectivity index (χ3n) is 7.87. The summed E-state index contributed by atoms with van der Waals surface area (Å²) in [5.41, 5.74) is 0.846. The van der Waals surface area contributed by atoms with Gasteiger partial charge in [-0.05, 0) is 62.6 Å². The van der Waals surface area contributed by atoms with Crippen molar-refractivity contribution >= 4 is 60.6 Å². The van der Waals surface area contributed by atoms with Gasteiger partial charge in [-0.15, -0.1) is 0 Å². The normalized spacial score (nSPS) is 20.7. The number of likely N-dealkylation sites (tertiary alicyclic amines) is 1. The lowest BCUT2D eigenvalue weighted by Gasteiger charge is -2.30. The number of rotatable bonds is 10. The molecule has 4 rings (SSSR count). The van der Waals surface area contributed by atoms with Crippen molar-refractivity contribution < 1.29 is 35.8 Å². The van der Waals surface area contributed by atoms with Crippen molar-refractivity contribution in [3.05, 3.63) is 59.7 Å². The number of nitrogens with one attached hydrogen (secondary N) is 1. The smallest absolute Gasteiger partial charge is 0.410 e. The Balaban J connectivity index is 0.000000286. The maximum Gasteiger partial charge on any atom is 0.410 e. The van der Waals surface area contributed by atoms with Crippen LogP contribution in [0.2, 0.25) is 0 Å². The Morgan fingerprint density at radius 3 is 1.78 bits per heavy atom. The van der Waals surface area contributed by atoms with Crippen LogP contribution in [0.4, 0.5) is 4.79 Å². The van der Waals surface area contributed by atoms with E-state index in [9.17, 15) is 21.6 Å². The number of amides is 1. The fraction of sp³-hybridized carbons (Fsp3) is 0.545. The van der Waals surface area contributed by atoms with Crippen LogP contribution in [0.3, 0.4) is 0 Å². The molecule has 2 aliphatic rings. The Bertz CT molecular complexity index is 1770. The molecule has 0 aromatic heterocycles. The van der Waals surface area contributed by atoms with E-state index < -0.39 is 31.7 Å². The van der Waals surface area contributed by atoms with E-state index in [2.05, 4.69) is 5.32 Å². The molecule has 51 heavy (non-hydrogen) atoms. The van der Waals surface area contributed by atoms with Gasteiger partial charge in [-0.2, -0.15) is 0 Å². The predicted molar refractivity (Wildman–Crippen MR) is 203 cm³/mol. The van der Waals surface area contributed by atoms with E-state index in [1.807, 2.05) is 59.9 Å². The summed E-state index contributed by atoms with van der Waals surface area (Å²) >= 11 is 10.9. The molecule has 2 aromatic carbocycles. The minimum Gasteiger partial charge on any atom is -0.444 e. The second kappa shape index (κ2) is 17.8. The van der Waals surface area contributed by atoms with Gasteiger partial charge in [0.2, 0.25) is 20.0 Å². The Hall–Kier alpha value is -2.81. The Morgan fingerprint density at radius 2 is 1.33 bits per heavy atom. The molecule has 5 N–H and O–H groups in total. The average molecular weight is 787 g/mol. The zero-order chi connectivity index (χ0) is 38.3. The number of thiocarbonyl (C=S) groups is 2. The number of benzene rings is 2. The van der Waals surface area contributed by atoms with Crippen LogP contribution in [0, 0.1) is 0 Å². The number of likely N-dealkylation sites (N-methyl/N-ethyl adjacent to an activating group) is 2. The zero-order valence-corrected chi connectivity index (χ0v) is 33.3. The molecule has 0 spiro atoms. The van der Waals surface area contributed by atoms with E-state index in [1.165, 1.54) is 18.2 Å². The van der Waals surface area contributed by atoms with Crippen molar-refractivity contribution in [3.8, 4) is 0 Å². The first-order chi connectivity index (χ1) is 23.5. The number of hydrogen-bond acceptors (Lipinski definition) is 11. The highest BCUT2D eigenvalue weighted by atomic mass is 32.2. The van der Waals surface area contributed by atoms with Crippen LogP contribution in [0.5, 0.6) is 0 Å². The molecule has 0 radical (unpaired) electrons. The first kappa shape index (κ1) is 42.6. The summed E-state index contributed by atoms with van der Waals surface area (Å²) < 4.78 is 63.0. The van der Waals surface area contributed by atoms with Crippen LogP contribution in [0.1, 0.15) is 44.7 Å². The number of carbonyl (C=O) groups excluding carboxylic acids is 1. The molecule has 14 nitrogen and oxygen atoms in total. The number of carbonyl (C=O) groups is 1. The monoisotopic (exact) mass is 786 g/mol. The maximum atomic E-state index is 12.7. The van der Waals surface area contributed by atoms with Crippen LogP contribution in [0.15, 0.2) is 58.3 Å². The van der Waals surface area contributed by atoms with Crippen molar-refractivity contribution in [2.24, 2.45) is 10.3 Å². The molecule has 18 heteroatoms. The summed E-state index contributed by atoms with van der Waals surface area (Å²) in [4.78, 5) is 19.6. The highest BCUT2D eigenvalue weighted by Crippen LogP contribution is 2.26. The number of sulfonamides is 2. The van der Waals surface area contributed by atoms with Gasteiger partial charge in [0.1, 0.15) is 10.6 Å². The molecule has 2 aromatic rings. The van der Waals surface area contributed by atoms with Crippen LogP contribution >= 0.6 is 24.4 Å². The van der Waals surface area contributed by atoms with Crippen molar-refractivity contribution in [1.29, 1.82) is 0 Å². The molecule has 0 unspecified atom stereocenters. The van der Waals surface area contributed by atoms with E-state index in [4.69, 9.17) is 48.9 Å². The SMILES string of the molecule is CN(C)C(=S)[C@@H]1C[C@@H](OCc2cccc(S(N)(=O)=O)c2)CN1.CN(C)C(=S)[C@@H]1C[C@@H](OCc2cccc(S(N)(=O)=O)c2)CN1C(=O)OC(C)(C)C. The van der Waals surface area contributed by atoms with E-state index in [0.717, 1.165) is 23.5 Å². The molecule has 2 saturated heterocycles. The van der Waals surface area contributed by atoms with Gasteiger partial charge in [0.25, 0.3) is 0 Å². The van der Waals surface area contributed by atoms with Gasteiger partial charge in [0, 0.05) is 41.2 Å². The fourth-order valence-corrected chi connectivity index (χ4v) is 6.93. The highest BCUT2D eigenvalue weighted by molar-refractivity contribution is 7.89. The Kier molecular flexibility index (Phi) is 14.9. The van der Waals surface area contributed by atoms with Crippen LogP contribution in [-0.4, -0.2) is 119 Å². The lowest BCUT2D eigenvalue weighted by Crippen LogP contribution is -2.46. The van der Waals surface area contributed by atoms with Gasteiger partial charge in [0.15, 0.2) is 0 Å². The minimum atomic E-state index is -3.78. The summed E-state index contributed by atoms with van der Waals surface area (Å²) in [7, 11) is 0.0668. The Morgan fingerprint density at radius 1 is 0.843 bits per heavy atom. The van der Waals surface area contributed by atoms with E-state index >= 15 is 0 Å². The molecular formula is C33H50N6O8S4.